The first-order chi connectivity index (χ1) is 7.83. The summed E-state index contributed by atoms with van der Waals surface area (Å²) in [4.78, 5) is 13.1. The van der Waals surface area contributed by atoms with Crippen LogP contribution in [0.2, 0.25) is 0 Å². The third kappa shape index (κ3) is 4.23. The highest BCUT2D eigenvalue weighted by Crippen LogP contribution is 2.15. The third-order valence-electron chi connectivity index (χ3n) is 2.12. The molecule has 0 aliphatic carbocycles. The smallest absolute Gasteiger partial charge is 0.305 e. The molecular weight excluding hydrogens is 264 g/mol. The number of aliphatic hydroxyl groups is 1. The van der Waals surface area contributed by atoms with Crippen LogP contribution >= 0.6 is 11.3 Å². The average molecular weight is 280 g/mol. The Balaban J connectivity index is 2.64. The molecule has 1 aromatic rings. The first kappa shape index (κ1) is 14.4. The van der Waals surface area contributed by atoms with Crippen molar-refractivity contribution in [1.82, 2.24) is 9.71 Å². The van der Waals surface area contributed by atoms with Gasteiger partial charge in [0.25, 0.3) is 10.0 Å². The Labute approximate surface area is 104 Å². The van der Waals surface area contributed by atoms with E-state index in [9.17, 15) is 13.2 Å². The van der Waals surface area contributed by atoms with Crippen LogP contribution in [-0.2, 0) is 10.0 Å². The van der Waals surface area contributed by atoms with Crippen molar-refractivity contribution in [1.29, 1.82) is 0 Å². The molecule has 6 nitrogen and oxygen atoms in total. The van der Waals surface area contributed by atoms with Gasteiger partial charge >= 0.3 is 4.87 Å². The molecule has 1 atom stereocenters. The van der Waals surface area contributed by atoms with Gasteiger partial charge in [-0.15, -0.1) is 0 Å². The lowest BCUT2D eigenvalue weighted by Crippen LogP contribution is -2.25. The van der Waals surface area contributed by atoms with Crippen LogP contribution in [0.4, 0.5) is 0 Å². The number of aromatic amines is 1. The fraction of sp³-hybridized carbons (Fsp3) is 0.667. The van der Waals surface area contributed by atoms with Crippen LogP contribution in [0.1, 0.15) is 25.5 Å². The predicted octanol–water partition coefficient (Wildman–Crippen LogP) is 0.184. The highest BCUT2D eigenvalue weighted by atomic mass is 32.2. The van der Waals surface area contributed by atoms with E-state index in [1.165, 1.54) is 0 Å². The molecule has 1 unspecified atom stereocenters. The van der Waals surface area contributed by atoms with Gasteiger partial charge in [-0.05, 0) is 26.7 Å². The minimum Gasteiger partial charge on any atom is -0.393 e. The molecule has 0 saturated carbocycles. The number of aryl methyl sites for hydroxylation is 1. The van der Waals surface area contributed by atoms with E-state index < -0.39 is 16.1 Å². The minimum absolute atomic E-state index is 0.0274. The summed E-state index contributed by atoms with van der Waals surface area (Å²) in [6.07, 6.45) is 0.643. The molecule has 98 valence electrons. The highest BCUT2D eigenvalue weighted by molar-refractivity contribution is 7.91. The summed E-state index contributed by atoms with van der Waals surface area (Å²) in [6, 6.07) is 0. The molecule has 1 aromatic heterocycles. The Morgan fingerprint density at radius 3 is 2.65 bits per heavy atom. The number of H-pyrrole nitrogens is 1. The third-order valence-corrected chi connectivity index (χ3v) is 5.18. The SMILES string of the molecule is Cc1[nH]c(=O)sc1S(=O)(=O)NCCCC(C)O. The molecule has 0 radical (unpaired) electrons. The molecule has 0 bridgehead atoms. The Kier molecular flexibility index (Phi) is 4.87. The van der Waals surface area contributed by atoms with E-state index in [2.05, 4.69) is 9.71 Å². The van der Waals surface area contributed by atoms with Crippen molar-refractivity contribution in [3.05, 3.63) is 15.4 Å². The molecular formula is C9H16N2O4S2. The summed E-state index contributed by atoms with van der Waals surface area (Å²) in [6.45, 7) is 3.44. The Morgan fingerprint density at radius 1 is 1.53 bits per heavy atom. The summed E-state index contributed by atoms with van der Waals surface area (Å²) in [5, 5.41) is 9.02. The zero-order valence-electron chi connectivity index (χ0n) is 9.69. The second kappa shape index (κ2) is 5.76. The molecule has 3 N–H and O–H groups in total. The fourth-order valence-corrected chi connectivity index (χ4v) is 3.73. The molecule has 0 aliphatic heterocycles. The van der Waals surface area contributed by atoms with Gasteiger partial charge in [0.1, 0.15) is 0 Å². The zero-order chi connectivity index (χ0) is 13.1. The second-order valence-electron chi connectivity index (χ2n) is 3.82. The first-order valence-corrected chi connectivity index (χ1v) is 7.50. The van der Waals surface area contributed by atoms with Crippen LogP contribution in [-0.4, -0.2) is 31.2 Å². The zero-order valence-corrected chi connectivity index (χ0v) is 11.3. The van der Waals surface area contributed by atoms with E-state index in [4.69, 9.17) is 5.11 Å². The topological polar surface area (TPSA) is 99.3 Å². The predicted molar refractivity (Wildman–Crippen MR) is 65.8 cm³/mol. The van der Waals surface area contributed by atoms with E-state index in [-0.39, 0.29) is 15.6 Å². The number of hydrogen-bond acceptors (Lipinski definition) is 5. The quantitative estimate of drug-likeness (QED) is 0.647. The maximum absolute atomic E-state index is 11.8. The van der Waals surface area contributed by atoms with Crippen LogP contribution in [0.3, 0.4) is 0 Å². The standard InChI is InChI=1S/C9H16N2O4S2/c1-6(12)4-3-5-10-17(14,15)8-7(2)11-9(13)16-8/h6,10,12H,3-5H2,1-2H3,(H,11,13). The van der Waals surface area contributed by atoms with Crippen LogP contribution in [0.15, 0.2) is 9.00 Å². The summed E-state index contributed by atoms with van der Waals surface area (Å²) >= 11 is 0.675. The molecule has 0 aromatic carbocycles. The molecule has 1 rings (SSSR count). The van der Waals surface area contributed by atoms with Gasteiger partial charge < -0.3 is 10.1 Å². The van der Waals surface area contributed by atoms with Crippen molar-refractivity contribution >= 4 is 21.4 Å². The van der Waals surface area contributed by atoms with Crippen molar-refractivity contribution in [3.8, 4) is 0 Å². The first-order valence-electron chi connectivity index (χ1n) is 5.20. The Morgan fingerprint density at radius 2 is 2.18 bits per heavy atom. The van der Waals surface area contributed by atoms with E-state index in [1.54, 1.807) is 13.8 Å². The van der Waals surface area contributed by atoms with Gasteiger partial charge in [0.2, 0.25) is 0 Å². The van der Waals surface area contributed by atoms with Crippen molar-refractivity contribution in [2.45, 2.75) is 37.0 Å². The number of sulfonamides is 1. The molecule has 0 aliphatic rings. The molecule has 0 fully saturated rings. The van der Waals surface area contributed by atoms with Gasteiger partial charge in [-0.1, -0.05) is 11.3 Å². The number of thiazole rings is 1. The van der Waals surface area contributed by atoms with Crippen molar-refractivity contribution < 1.29 is 13.5 Å². The lowest BCUT2D eigenvalue weighted by atomic mass is 10.2. The van der Waals surface area contributed by atoms with Crippen LogP contribution in [0.25, 0.3) is 0 Å². The molecule has 1 heterocycles. The van der Waals surface area contributed by atoms with Crippen LogP contribution < -0.4 is 9.60 Å². The number of rotatable bonds is 6. The van der Waals surface area contributed by atoms with Gasteiger partial charge in [0, 0.05) is 12.2 Å². The van der Waals surface area contributed by atoms with E-state index in [0.717, 1.165) is 0 Å². The Bertz CT molecular complexity index is 515. The maximum Gasteiger partial charge on any atom is 0.305 e. The monoisotopic (exact) mass is 280 g/mol. The summed E-state index contributed by atoms with van der Waals surface area (Å²) < 4.78 is 26.0. The van der Waals surface area contributed by atoms with Gasteiger partial charge in [-0.25, -0.2) is 13.1 Å². The Hall–Kier alpha value is -0.700. The molecule has 17 heavy (non-hydrogen) atoms. The molecule has 0 amide bonds. The van der Waals surface area contributed by atoms with Gasteiger partial charge in [-0.3, -0.25) is 4.79 Å². The summed E-state index contributed by atoms with van der Waals surface area (Å²) in [5.41, 5.74) is 0.350. The van der Waals surface area contributed by atoms with Crippen LogP contribution in [0, 0.1) is 6.92 Å². The van der Waals surface area contributed by atoms with Gasteiger partial charge in [-0.2, -0.15) is 0 Å². The lowest BCUT2D eigenvalue weighted by molar-refractivity contribution is 0.182. The second-order valence-corrected chi connectivity index (χ2v) is 6.76. The number of aliphatic hydroxyl groups excluding tert-OH is 1. The van der Waals surface area contributed by atoms with Gasteiger partial charge in [0.15, 0.2) is 4.21 Å². The molecule has 0 saturated heterocycles. The average Bonchev–Trinajstić information content (AvgIpc) is 2.53. The van der Waals surface area contributed by atoms with E-state index in [0.29, 0.717) is 29.9 Å². The lowest BCUT2D eigenvalue weighted by Gasteiger charge is -2.06. The normalized spacial score (nSPS) is 13.8. The summed E-state index contributed by atoms with van der Waals surface area (Å²) in [7, 11) is -3.61. The van der Waals surface area contributed by atoms with Crippen molar-refractivity contribution in [2.75, 3.05) is 6.54 Å². The van der Waals surface area contributed by atoms with Gasteiger partial charge in [0.05, 0.1) is 6.10 Å². The van der Waals surface area contributed by atoms with Crippen molar-refractivity contribution in [2.24, 2.45) is 0 Å². The minimum atomic E-state index is -3.61. The number of hydrogen-bond donors (Lipinski definition) is 3. The van der Waals surface area contributed by atoms with Crippen molar-refractivity contribution in [3.63, 3.8) is 0 Å². The number of aromatic nitrogens is 1. The molecule has 8 heteroatoms. The fourth-order valence-electron chi connectivity index (χ4n) is 1.32. The largest absolute Gasteiger partial charge is 0.393 e. The van der Waals surface area contributed by atoms with E-state index >= 15 is 0 Å². The van der Waals surface area contributed by atoms with E-state index in [1.807, 2.05) is 0 Å². The highest BCUT2D eigenvalue weighted by Gasteiger charge is 2.19. The number of nitrogens with one attached hydrogen (secondary N) is 2. The van der Waals surface area contributed by atoms with Crippen LogP contribution in [0.5, 0.6) is 0 Å². The summed E-state index contributed by atoms with van der Waals surface area (Å²) in [5.74, 6) is 0. The maximum atomic E-state index is 11.8. The molecule has 0 spiro atoms.